The first kappa shape index (κ1) is 11.2. The van der Waals surface area contributed by atoms with Crippen molar-refractivity contribution >= 4 is 5.69 Å². The van der Waals surface area contributed by atoms with Gasteiger partial charge in [-0.3, -0.25) is 10.1 Å². The largest absolute Gasteiger partial charge is 0.497 e. The first-order valence-electron chi connectivity index (χ1n) is 4.68. The van der Waals surface area contributed by atoms with Gasteiger partial charge in [0, 0.05) is 6.07 Å². The first-order chi connectivity index (χ1) is 7.20. The van der Waals surface area contributed by atoms with Crippen molar-refractivity contribution in [1.82, 2.24) is 0 Å². The maximum Gasteiger partial charge on any atom is 0.276 e. The molecule has 0 aliphatic carbocycles. The van der Waals surface area contributed by atoms with Crippen molar-refractivity contribution in [3.63, 3.8) is 0 Å². The number of ether oxygens (including phenoxy) is 1. The lowest BCUT2D eigenvalue weighted by Crippen LogP contribution is -2.00. The minimum Gasteiger partial charge on any atom is -0.497 e. The molecule has 15 heavy (non-hydrogen) atoms. The Hall–Kier alpha value is -1.84. The molecule has 0 aliphatic heterocycles. The summed E-state index contributed by atoms with van der Waals surface area (Å²) in [5.74, 6) is 0. The van der Waals surface area contributed by atoms with Crippen LogP contribution in [0.2, 0.25) is 0 Å². The third kappa shape index (κ3) is 2.56. The van der Waals surface area contributed by atoms with E-state index >= 15 is 0 Å². The van der Waals surface area contributed by atoms with Crippen molar-refractivity contribution in [3.8, 4) is 0 Å². The second-order valence-corrected chi connectivity index (χ2v) is 3.00. The molecule has 0 spiro atoms. The number of hydrogen-bond acceptors (Lipinski definition) is 3. The molecule has 0 atom stereocenters. The Morgan fingerprint density at radius 3 is 2.87 bits per heavy atom. The lowest BCUT2D eigenvalue weighted by atomic mass is 10.0. The van der Waals surface area contributed by atoms with Gasteiger partial charge in [0.15, 0.2) is 0 Å². The molecule has 80 valence electrons. The van der Waals surface area contributed by atoms with E-state index in [-0.39, 0.29) is 17.2 Å². The van der Waals surface area contributed by atoms with Crippen molar-refractivity contribution in [1.29, 1.82) is 0 Å². The standard InChI is InChI=1S/C11H13NO3/c1-3-9-6-5-7-11(12(13)14)10(9)8-15-4-2/h4-7H,2-3,8H2,1H3. The number of hydrogen-bond donors (Lipinski definition) is 0. The van der Waals surface area contributed by atoms with E-state index in [9.17, 15) is 10.1 Å². The van der Waals surface area contributed by atoms with Crippen LogP contribution < -0.4 is 0 Å². The van der Waals surface area contributed by atoms with E-state index in [4.69, 9.17) is 4.74 Å². The third-order valence-corrected chi connectivity index (χ3v) is 2.17. The molecule has 0 N–H and O–H groups in total. The Morgan fingerprint density at radius 2 is 2.33 bits per heavy atom. The van der Waals surface area contributed by atoms with Crippen molar-refractivity contribution in [2.75, 3.05) is 0 Å². The highest BCUT2D eigenvalue weighted by molar-refractivity contribution is 5.45. The van der Waals surface area contributed by atoms with Crippen molar-refractivity contribution in [3.05, 3.63) is 52.3 Å². The highest BCUT2D eigenvalue weighted by Gasteiger charge is 2.16. The fraction of sp³-hybridized carbons (Fsp3) is 0.273. The van der Waals surface area contributed by atoms with Gasteiger partial charge in [0.05, 0.1) is 16.7 Å². The lowest BCUT2D eigenvalue weighted by Gasteiger charge is -2.07. The summed E-state index contributed by atoms with van der Waals surface area (Å²) in [5.41, 5.74) is 1.67. The summed E-state index contributed by atoms with van der Waals surface area (Å²) >= 11 is 0. The maximum absolute atomic E-state index is 10.8. The number of benzene rings is 1. The zero-order valence-electron chi connectivity index (χ0n) is 8.60. The maximum atomic E-state index is 10.8. The molecule has 1 rings (SSSR count). The van der Waals surface area contributed by atoms with Crippen LogP contribution in [0, 0.1) is 10.1 Å². The quantitative estimate of drug-likeness (QED) is 0.424. The molecule has 0 radical (unpaired) electrons. The van der Waals surface area contributed by atoms with Gasteiger partial charge in [0.1, 0.15) is 6.61 Å². The van der Waals surface area contributed by atoms with Crippen LogP contribution in [0.5, 0.6) is 0 Å². The number of aryl methyl sites for hydroxylation is 1. The molecule has 1 aromatic carbocycles. The van der Waals surface area contributed by atoms with E-state index in [0.717, 1.165) is 12.0 Å². The molecule has 0 aliphatic rings. The molecule has 0 bridgehead atoms. The summed E-state index contributed by atoms with van der Waals surface area (Å²) in [5, 5.41) is 10.8. The van der Waals surface area contributed by atoms with Gasteiger partial charge in [-0.25, -0.2) is 0 Å². The smallest absolute Gasteiger partial charge is 0.276 e. The number of nitro groups is 1. The summed E-state index contributed by atoms with van der Waals surface area (Å²) in [6, 6.07) is 5.05. The van der Waals surface area contributed by atoms with Gasteiger partial charge in [0.2, 0.25) is 0 Å². The van der Waals surface area contributed by atoms with Crippen LogP contribution in [0.3, 0.4) is 0 Å². The Kier molecular flexibility index (Phi) is 3.85. The van der Waals surface area contributed by atoms with Gasteiger partial charge >= 0.3 is 0 Å². The van der Waals surface area contributed by atoms with E-state index in [2.05, 4.69) is 6.58 Å². The molecule has 0 amide bonds. The number of nitrogens with zero attached hydrogens (tertiary/aromatic N) is 1. The molecule has 0 saturated carbocycles. The van der Waals surface area contributed by atoms with Crippen LogP contribution in [0.4, 0.5) is 5.69 Å². The van der Waals surface area contributed by atoms with E-state index < -0.39 is 0 Å². The Bertz CT molecular complexity index is 374. The number of rotatable bonds is 5. The van der Waals surface area contributed by atoms with Gasteiger partial charge in [-0.05, 0) is 12.0 Å². The van der Waals surface area contributed by atoms with Gasteiger partial charge in [0.25, 0.3) is 5.69 Å². The van der Waals surface area contributed by atoms with Crippen molar-refractivity contribution in [2.24, 2.45) is 0 Å². The molecule has 0 unspecified atom stereocenters. The fourth-order valence-electron chi connectivity index (χ4n) is 1.43. The normalized spacial score (nSPS) is 9.67. The molecular weight excluding hydrogens is 194 g/mol. The molecule has 4 nitrogen and oxygen atoms in total. The predicted octanol–water partition coefficient (Wildman–Crippen LogP) is 2.82. The molecule has 0 aromatic heterocycles. The molecule has 0 heterocycles. The second-order valence-electron chi connectivity index (χ2n) is 3.00. The zero-order chi connectivity index (χ0) is 11.3. The molecular formula is C11H13NO3. The Morgan fingerprint density at radius 1 is 1.60 bits per heavy atom. The van der Waals surface area contributed by atoms with Gasteiger partial charge in [-0.2, -0.15) is 0 Å². The van der Waals surface area contributed by atoms with Crippen LogP contribution in [-0.2, 0) is 17.8 Å². The molecule has 0 fully saturated rings. The van der Waals surface area contributed by atoms with E-state index in [1.165, 1.54) is 12.3 Å². The molecule has 4 heteroatoms. The topological polar surface area (TPSA) is 52.4 Å². The van der Waals surface area contributed by atoms with Crippen LogP contribution >= 0.6 is 0 Å². The minimum absolute atomic E-state index is 0.108. The van der Waals surface area contributed by atoms with Crippen LogP contribution in [0.1, 0.15) is 18.1 Å². The van der Waals surface area contributed by atoms with Crippen LogP contribution in [0.25, 0.3) is 0 Å². The van der Waals surface area contributed by atoms with Crippen LogP contribution in [-0.4, -0.2) is 4.92 Å². The fourth-order valence-corrected chi connectivity index (χ4v) is 1.43. The zero-order valence-corrected chi connectivity index (χ0v) is 8.60. The van der Waals surface area contributed by atoms with Crippen molar-refractivity contribution < 1.29 is 9.66 Å². The molecule has 0 saturated heterocycles. The summed E-state index contributed by atoms with van der Waals surface area (Å²) in [4.78, 5) is 10.4. The Balaban J connectivity index is 3.14. The van der Waals surface area contributed by atoms with E-state index in [0.29, 0.717) is 5.56 Å². The average Bonchev–Trinajstić information content (AvgIpc) is 2.25. The summed E-state index contributed by atoms with van der Waals surface area (Å²) < 4.78 is 5.01. The molecule has 1 aromatic rings. The Labute approximate surface area is 88.3 Å². The van der Waals surface area contributed by atoms with Gasteiger partial charge in [-0.15, -0.1) is 0 Å². The van der Waals surface area contributed by atoms with E-state index in [1.807, 2.05) is 13.0 Å². The minimum atomic E-state index is -0.388. The third-order valence-electron chi connectivity index (χ3n) is 2.17. The summed E-state index contributed by atoms with van der Waals surface area (Å²) in [7, 11) is 0. The highest BCUT2D eigenvalue weighted by atomic mass is 16.6. The predicted molar refractivity (Wildman–Crippen MR) is 57.5 cm³/mol. The SMILES string of the molecule is C=COCc1c(CC)cccc1[N+](=O)[O-]. The number of nitro benzene ring substituents is 1. The van der Waals surface area contributed by atoms with Gasteiger partial charge < -0.3 is 4.74 Å². The van der Waals surface area contributed by atoms with Crippen LogP contribution in [0.15, 0.2) is 31.0 Å². The monoisotopic (exact) mass is 207 g/mol. The second kappa shape index (κ2) is 5.14. The van der Waals surface area contributed by atoms with Crippen molar-refractivity contribution in [2.45, 2.75) is 20.0 Å². The average molecular weight is 207 g/mol. The first-order valence-corrected chi connectivity index (χ1v) is 4.68. The summed E-state index contributed by atoms with van der Waals surface area (Å²) in [6.07, 6.45) is 2.04. The van der Waals surface area contributed by atoms with Gasteiger partial charge in [-0.1, -0.05) is 25.6 Å². The highest BCUT2D eigenvalue weighted by Crippen LogP contribution is 2.23. The van der Waals surface area contributed by atoms with E-state index in [1.54, 1.807) is 6.07 Å². The summed E-state index contributed by atoms with van der Waals surface area (Å²) in [6.45, 7) is 5.57. The lowest BCUT2D eigenvalue weighted by molar-refractivity contribution is -0.385.